The van der Waals surface area contributed by atoms with Crippen LogP contribution in [0.5, 0.6) is 0 Å². The van der Waals surface area contributed by atoms with Gasteiger partial charge in [-0.1, -0.05) is 0 Å². The Hall–Kier alpha value is -1.55. The number of amides is 1. The highest BCUT2D eigenvalue weighted by Crippen LogP contribution is 2.29. The van der Waals surface area contributed by atoms with Gasteiger partial charge in [-0.05, 0) is 30.5 Å². The summed E-state index contributed by atoms with van der Waals surface area (Å²) in [6.45, 7) is 2.74. The van der Waals surface area contributed by atoms with E-state index in [4.69, 9.17) is 0 Å². The normalized spacial score (nSPS) is 14.6. The molecule has 0 unspecified atom stereocenters. The zero-order chi connectivity index (χ0) is 11.3. The summed E-state index contributed by atoms with van der Waals surface area (Å²) >= 11 is 1.51. The molecule has 0 aliphatic carbocycles. The molecule has 3 nitrogen and oxygen atoms in total. The number of aryl methyl sites for hydroxylation is 1. The van der Waals surface area contributed by atoms with Crippen LogP contribution in [-0.4, -0.2) is 22.4 Å². The Kier molecular flexibility index (Phi) is 1.94. The third kappa shape index (κ3) is 1.16. The molecule has 0 bridgehead atoms. The molecule has 0 fully saturated rings. The van der Waals surface area contributed by atoms with Crippen LogP contribution in [0.3, 0.4) is 0 Å². The Morgan fingerprint density at radius 1 is 1.31 bits per heavy atom. The predicted octanol–water partition coefficient (Wildman–Crippen LogP) is 2.43. The lowest BCUT2D eigenvalue weighted by Gasteiger charge is -2.12. The summed E-state index contributed by atoms with van der Waals surface area (Å²) in [6, 6.07) is 6.21. The van der Waals surface area contributed by atoms with Gasteiger partial charge < -0.3 is 9.47 Å². The summed E-state index contributed by atoms with van der Waals surface area (Å²) in [5, 5.41) is 1.98. The van der Waals surface area contributed by atoms with Crippen molar-refractivity contribution in [2.45, 2.75) is 13.5 Å². The van der Waals surface area contributed by atoms with Crippen molar-refractivity contribution >= 4 is 17.2 Å². The molecule has 0 saturated carbocycles. The lowest BCUT2D eigenvalue weighted by molar-refractivity contribution is 0.0792. The molecule has 3 rings (SSSR count). The Morgan fingerprint density at radius 3 is 2.94 bits per heavy atom. The number of carbonyl (C=O) groups excluding carboxylic acids is 1. The van der Waals surface area contributed by atoms with Crippen molar-refractivity contribution in [3.05, 3.63) is 39.8 Å². The van der Waals surface area contributed by atoms with Gasteiger partial charge in [-0.15, -0.1) is 11.3 Å². The number of nitrogens with zero attached hydrogens (tertiary/aromatic N) is 2. The first-order chi connectivity index (χ1) is 7.68. The quantitative estimate of drug-likeness (QED) is 0.685. The van der Waals surface area contributed by atoms with E-state index in [0.29, 0.717) is 6.54 Å². The van der Waals surface area contributed by atoms with Crippen molar-refractivity contribution in [2.24, 2.45) is 0 Å². The Morgan fingerprint density at radius 2 is 2.12 bits per heavy atom. The minimum absolute atomic E-state index is 0.119. The van der Waals surface area contributed by atoms with Crippen LogP contribution >= 0.6 is 11.3 Å². The summed E-state index contributed by atoms with van der Waals surface area (Å²) in [5.41, 5.74) is 3.38. The largest absolute Gasteiger partial charge is 0.335 e. The molecule has 0 atom stereocenters. The van der Waals surface area contributed by atoms with Gasteiger partial charge in [0.25, 0.3) is 5.91 Å². The number of hydrogen-bond acceptors (Lipinski definition) is 2. The van der Waals surface area contributed by atoms with Crippen LogP contribution < -0.4 is 0 Å². The average Bonchev–Trinajstić information content (AvgIpc) is 2.82. The standard InChI is InChI=1S/C12H12N2OS/c1-8-3-4-9-7-13(2)12(15)11-10(14(8)9)5-6-16-11/h3-6H,7H2,1-2H3. The number of hydrogen-bond donors (Lipinski definition) is 0. The van der Waals surface area contributed by atoms with E-state index in [1.165, 1.54) is 22.7 Å². The fourth-order valence-corrected chi connectivity index (χ4v) is 3.06. The topological polar surface area (TPSA) is 25.2 Å². The van der Waals surface area contributed by atoms with Gasteiger partial charge in [-0.3, -0.25) is 4.79 Å². The molecular formula is C12H12N2OS. The fourth-order valence-electron chi connectivity index (χ4n) is 2.19. The Balaban J connectivity index is 2.33. The van der Waals surface area contributed by atoms with Crippen LogP contribution in [0.1, 0.15) is 21.1 Å². The van der Waals surface area contributed by atoms with E-state index in [-0.39, 0.29) is 5.91 Å². The van der Waals surface area contributed by atoms with Gasteiger partial charge in [-0.2, -0.15) is 0 Å². The Labute approximate surface area is 97.9 Å². The van der Waals surface area contributed by atoms with Crippen LogP contribution in [0, 0.1) is 6.92 Å². The molecule has 0 spiro atoms. The van der Waals surface area contributed by atoms with Crippen molar-refractivity contribution in [1.82, 2.24) is 9.47 Å². The molecule has 2 aromatic rings. The van der Waals surface area contributed by atoms with E-state index in [9.17, 15) is 4.79 Å². The van der Waals surface area contributed by atoms with E-state index in [0.717, 1.165) is 10.6 Å². The maximum Gasteiger partial charge on any atom is 0.266 e. The van der Waals surface area contributed by atoms with Gasteiger partial charge in [0.2, 0.25) is 0 Å². The molecule has 0 radical (unpaired) electrons. The second kappa shape index (κ2) is 3.22. The molecule has 4 heteroatoms. The zero-order valence-electron chi connectivity index (χ0n) is 9.23. The van der Waals surface area contributed by atoms with E-state index < -0.39 is 0 Å². The number of fused-ring (bicyclic) bond motifs is 3. The summed E-state index contributed by atoms with van der Waals surface area (Å²) in [5.74, 6) is 0.119. The van der Waals surface area contributed by atoms with Gasteiger partial charge in [0.1, 0.15) is 4.88 Å². The fraction of sp³-hybridized carbons (Fsp3) is 0.250. The van der Waals surface area contributed by atoms with Crippen LogP contribution in [0.25, 0.3) is 5.69 Å². The smallest absolute Gasteiger partial charge is 0.266 e. The zero-order valence-corrected chi connectivity index (χ0v) is 10.0. The molecule has 0 aromatic carbocycles. The van der Waals surface area contributed by atoms with E-state index in [2.05, 4.69) is 23.6 Å². The summed E-state index contributed by atoms with van der Waals surface area (Å²) in [6.07, 6.45) is 0. The van der Waals surface area contributed by atoms with E-state index >= 15 is 0 Å². The van der Waals surface area contributed by atoms with E-state index in [1.807, 2.05) is 18.5 Å². The van der Waals surface area contributed by atoms with Crippen molar-refractivity contribution < 1.29 is 4.79 Å². The van der Waals surface area contributed by atoms with Gasteiger partial charge in [0, 0.05) is 18.4 Å². The van der Waals surface area contributed by atoms with E-state index in [1.54, 1.807) is 4.90 Å². The third-order valence-electron chi connectivity index (χ3n) is 2.98. The summed E-state index contributed by atoms with van der Waals surface area (Å²) in [4.78, 5) is 14.7. The molecule has 0 saturated heterocycles. The highest BCUT2D eigenvalue weighted by atomic mass is 32.1. The lowest BCUT2D eigenvalue weighted by atomic mass is 10.3. The van der Waals surface area contributed by atoms with Crippen LogP contribution in [0.15, 0.2) is 23.6 Å². The number of thiophene rings is 1. The summed E-state index contributed by atoms with van der Waals surface area (Å²) in [7, 11) is 1.85. The molecular weight excluding hydrogens is 220 g/mol. The van der Waals surface area contributed by atoms with Gasteiger partial charge >= 0.3 is 0 Å². The number of rotatable bonds is 0. The number of aromatic nitrogens is 1. The molecule has 0 N–H and O–H groups in total. The lowest BCUT2D eigenvalue weighted by Crippen LogP contribution is -2.24. The van der Waals surface area contributed by atoms with Crippen molar-refractivity contribution in [1.29, 1.82) is 0 Å². The minimum Gasteiger partial charge on any atom is -0.335 e. The van der Waals surface area contributed by atoms with Gasteiger partial charge in [0.15, 0.2) is 0 Å². The number of carbonyl (C=O) groups is 1. The molecule has 2 aromatic heterocycles. The van der Waals surface area contributed by atoms with Crippen LogP contribution in [0.4, 0.5) is 0 Å². The molecule has 1 aliphatic rings. The minimum atomic E-state index is 0.119. The molecule has 3 heterocycles. The SMILES string of the molecule is Cc1ccc2n1-c1ccsc1C(=O)N(C)C2. The second-order valence-corrected chi connectivity index (χ2v) is 5.01. The average molecular weight is 232 g/mol. The molecule has 1 aliphatic heterocycles. The highest BCUT2D eigenvalue weighted by Gasteiger charge is 2.25. The van der Waals surface area contributed by atoms with Gasteiger partial charge in [0.05, 0.1) is 12.2 Å². The van der Waals surface area contributed by atoms with Crippen LogP contribution in [0.2, 0.25) is 0 Å². The van der Waals surface area contributed by atoms with Crippen molar-refractivity contribution in [3.63, 3.8) is 0 Å². The maximum atomic E-state index is 12.1. The molecule has 16 heavy (non-hydrogen) atoms. The van der Waals surface area contributed by atoms with Crippen molar-refractivity contribution in [2.75, 3.05) is 7.05 Å². The van der Waals surface area contributed by atoms with Crippen molar-refractivity contribution in [3.8, 4) is 5.69 Å². The first-order valence-electron chi connectivity index (χ1n) is 5.19. The highest BCUT2D eigenvalue weighted by molar-refractivity contribution is 7.12. The first kappa shape index (κ1) is 9.66. The maximum absolute atomic E-state index is 12.1. The second-order valence-electron chi connectivity index (χ2n) is 4.10. The van der Waals surface area contributed by atoms with Crippen LogP contribution in [-0.2, 0) is 6.54 Å². The van der Waals surface area contributed by atoms with Gasteiger partial charge in [-0.25, -0.2) is 0 Å². The predicted molar refractivity (Wildman–Crippen MR) is 64.2 cm³/mol. The molecule has 1 amide bonds. The Bertz CT molecular complexity index is 567. The third-order valence-corrected chi connectivity index (χ3v) is 3.87. The molecule has 82 valence electrons. The summed E-state index contributed by atoms with van der Waals surface area (Å²) < 4.78 is 2.17. The first-order valence-corrected chi connectivity index (χ1v) is 6.07. The monoisotopic (exact) mass is 232 g/mol.